The lowest BCUT2D eigenvalue weighted by Crippen LogP contribution is -2.42. The monoisotopic (exact) mass is 450 g/mol. The number of esters is 2. The summed E-state index contributed by atoms with van der Waals surface area (Å²) in [6.45, 7) is 0. The molecule has 1 atom stereocenters. The third kappa shape index (κ3) is 3.54. The fourth-order valence-corrected chi connectivity index (χ4v) is 4.68. The number of anilines is 1. The number of methoxy groups -OCH3 is 2. The zero-order valence-electron chi connectivity index (χ0n) is 17.1. The normalized spacial score (nSPS) is 15.9. The topological polar surface area (TPSA) is 126 Å². The molecule has 0 aliphatic carbocycles. The number of nitrogen functional groups attached to an aromatic ring is 1. The van der Waals surface area contributed by atoms with E-state index in [0.29, 0.717) is 10.8 Å². The van der Waals surface area contributed by atoms with Gasteiger partial charge in [0.15, 0.2) is 5.69 Å². The van der Waals surface area contributed by atoms with Crippen LogP contribution in [0.2, 0.25) is 0 Å². The molecule has 1 aliphatic heterocycles. The molecule has 10 heteroatoms. The van der Waals surface area contributed by atoms with Crippen LogP contribution in [0.1, 0.15) is 31.7 Å². The van der Waals surface area contributed by atoms with Crippen molar-refractivity contribution in [1.82, 2.24) is 14.5 Å². The van der Waals surface area contributed by atoms with Crippen LogP contribution in [0.5, 0.6) is 0 Å². The number of carbonyl (C=O) groups excluding carboxylic acids is 3. The number of fused-ring (bicyclic) bond motifs is 1. The standard InChI is InChI=1S/C22H18N4O5S/c1-30-21(28)17-15(23)14(11-12-3-7-24-8-4-12)16-19(22(29)31-2)32-18(20(27)26(16)17)13-5-9-25-10-6-13/h3-11,18H,23H2,1-2H3/b14-11+/t18-/m0/s1. The van der Waals surface area contributed by atoms with E-state index < -0.39 is 23.1 Å². The highest BCUT2D eigenvalue weighted by molar-refractivity contribution is 8.10. The highest BCUT2D eigenvalue weighted by Crippen LogP contribution is 2.39. The minimum absolute atomic E-state index is 0.0226. The molecule has 3 aromatic heterocycles. The van der Waals surface area contributed by atoms with Crippen molar-refractivity contribution in [1.29, 1.82) is 0 Å². The Morgan fingerprint density at radius 3 is 2.22 bits per heavy atom. The molecule has 0 bridgehead atoms. The second-order valence-electron chi connectivity index (χ2n) is 6.71. The van der Waals surface area contributed by atoms with Gasteiger partial charge in [0, 0.05) is 30.0 Å². The molecular formula is C22H18N4O5S. The summed E-state index contributed by atoms with van der Waals surface area (Å²) in [4.78, 5) is 47.2. The van der Waals surface area contributed by atoms with Crippen molar-refractivity contribution in [2.45, 2.75) is 5.25 Å². The van der Waals surface area contributed by atoms with Gasteiger partial charge in [-0.25, -0.2) is 9.59 Å². The van der Waals surface area contributed by atoms with Crippen LogP contribution < -0.4 is 16.3 Å². The Balaban J connectivity index is 2.12. The Morgan fingerprint density at radius 2 is 1.62 bits per heavy atom. The Morgan fingerprint density at radius 1 is 1.03 bits per heavy atom. The van der Waals surface area contributed by atoms with E-state index in [-0.39, 0.29) is 21.6 Å². The van der Waals surface area contributed by atoms with Gasteiger partial charge in [-0.15, -0.1) is 0 Å². The summed E-state index contributed by atoms with van der Waals surface area (Å²) >= 11 is 1.04. The van der Waals surface area contributed by atoms with Crippen LogP contribution in [-0.4, -0.2) is 46.6 Å². The second kappa shape index (κ2) is 8.67. The fourth-order valence-electron chi connectivity index (χ4n) is 3.45. The van der Waals surface area contributed by atoms with Gasteiger partial charge in [0.1, 0.15) is 10.2 Å². The lowest BCUT2D eigenvalue weighted by Gasteiger charge is -2.23. The van der Waals surface area contributed by atoms with Crippen molar-refractivity contribution >= 4 is 46.3 Å². The summed E-state index contributed by atoms with van der Waals surface area (Å²) in [7, 11) is 2.44. The first-order valence-corrected chi connectivity index (χ1v) is 10.3. The molecule has 9 nitrogen and oxygen atoms in total. The molecule has 0 saturated carbocycles. The summed E-state index contributed by atoms with van der Waals surface area (Å²) in [5.41, 5.74) is 7.56. The van der Waals surface area contributed by atoms with Crippen molar-refractivity contribution in [3.05, 3.63) is 76.4 Å². The van der Waals surface area contributed by atoms with Crippen molar-refractivity contribution < 1.29 is 23.9 Å². The Labute approximate surface area is 186 Å². The van der Waals surface area contributed by atoms with Gasteiger partial charge in [0.05, 0.1) is 25.3 Å². The summed E-state index contributed by atoms with van der Waals surface area (Å²) in [5.74, 6) is -1.89. The minimum Gasteiger partial charge on any atom is -0.465 e. The lowest BCUT2D eigenvalue weighted by atomic mass is 10.1. The van der Waals surface area contributed by atoms with Crippen molar-refractivity contribution in [3.8, 4) is 0 Å². The zero-order valence-corrected chi connectivity index (χ0v) is 18.0. The van der Waals surface area contributed by atoms with Gasteiger partial charge in [-0.1, -0.05) is 11.8 Å². The minimum atomic E-state index is -0.816. The van der Waals surface area contributed by atoms with Crippen LogP contribution >= 0.6 is 11.8 Å². The molecule has 0 amide bonds. The largest absolute Gasteiger partial charge is 0.465 e. The third-order valence-electron chi connectivity index (χ3n) is 4.92. The number of pyridine rings is 2. The predicted octanol–water partition coefficient (Wildman–Crippen LogP) is 0.885. The summed E-state index contributed by atoms with van der Waals surface area (Å²) in [6, 6.07) is 6.81. The van der Waals surface area contributed by atoms with Gasteiger partial charge in [-0.2, -0.15) is 0 Å². The molecular weight excluding hydrogens is 432 g/mol. The first kappa shape index (κ1) is 21.3. The van der Waals surface area contributed by atoms with E-state index in [9.17, 15) is 14.4 Å². The Bertz CT molecular complexity index is 1340. The van der Waals surface area contributed by atoms with Gasteiger partial charge in [-0.3, -0.25) is 19.3 Å². The first-order chi connectivity index (χ1) is 15.5. The van der Waals surface area contributed by atoms with E-state index in [1.165, 1.54) is 14.2 Å². The number of rotatable bonds is 4. The number of hydrogen-bond donors (Lipinski definition) is 1. The maximum atomic E-state index is 13.6. The molecule has 1 aliphatic rings. The smallest absolute Gasteiger partial charge is 0.357 e. The lowest BCUT2D eigenvalue weighted by molar-refractivity contribution is -0.133. The number of hydrogen-bond acceptors (Lipinski definition) is 9. The molecule has 2 N–H and O–H groups in total. The highest BCUT2D eigenvalue weighted by atomic mass is 32.2. The van der Waals surface area contributed by atoms with Crippen molar-refractivity contribution in [2.24, 2.45) is 0 Å². The Kier molecular flexibility index (Phi) is 5.78. The second-order valence-corrected chi connectivity index (χ2v) is 7.83. The molecule has 0 fully saturated rings. The van der Waals surface area contributed by atoms with E-state index in [4.69, 9.17) is 15.2 Å². The zero-order chi connectivity index (χ0) is 22.8. The summed E-state index contributed by atoms with van der Waals surface area (Å²) < 4.78 is 11.0. The van der Waals surface area contributed by atoms with E-state index in [1.54, 1.807) is 55.1 Å². The molecule has 4 rings (SSSR count). The van der Waals surface area contributed by atoms with Crippen molar-refractivity contribution in [2.75, 3.05) is 20.0 Å². The van der Waals surface area contributed by atoms with Crippen molar-refractivity contribution in [3.63, 3.8) is 0 Å². The molecule has 0 unspecified atom stereocenters. The molecule has 162 valence electrons. The maximum Gasteiger partial charge on any atom is 0.357 e. The van der Waals surface area contributed by atoms with E-state index in [1.807, 2.05) is 0 Å². The molecule has 4 heterocycles. The molecule has 0 saturated heterocycles. The van der Waals surface area contributed by atoms with Gasteiger partial charge >= 0.3 is 11.9 Å². The maximum absolute atomic E-state index is 13.6. The number of aromatic nitrogens is 3. The van der Waals surface area contributed by atoms with Crippen LogP contribution in [0.15, 0.2) is 49.1 Å². The van der Waals surface area contributed by atoms with E-state index in [0.717, 1.165) is 21.9 Å². The van der Waals surface area contributed by atoms with Gasteiger partial charge < -0.3 is 15.2 Å². The van der Waals surface area contributed by atoms with Crippen LogP contribution in [0.4, 0.5) is 5.69 Å². The van der Waals surface area contributed by atoms with Crippen LogP contribution in [-0.2, 0) is 14.3 Å². The SMILES string of the molecule is COC(=O)C1=c2/c(=C/c3ccncc3)c(N)c(C(=O)OC)n2C(=O)[C@H](c2ccncc2)S1. The van der Waals surface area contributed by atoms with E-state index >= 15 is 0 Å². The molecule has 0 spiro atoms. The quantitative estimate of drug-likeness (QED) is 0.577. The van der Waals surface area contributed by atoms with E-state index in [2.05, 4.69) is 9.97 Å². The number of thioether (sulfide) groups is 1. The van der Waals surface area contributed by atoms with Gasteiger partial charge in [0.2, 0.25) is 5.91 Å². The molecule has 3 aromatic rings. The van der Waals surface area contributed by atoms with Crippen LogP contribution in [0.25, 0.3) is 11.0 Å². The molecule has 0 radical (unpaired) electrons. The Hall–Kier alpha value is -3.92. The average molecular weight is 450 g/mol. The number of carbonyl (C=O) groups is 3. The van der Waals surface area contributed by atoms with Crippen LogP contribution in [0, 0.1) is 0 Å². The first-order valence-electron chi connectivity index (χ1n) is 9.41. The van der Waals surface area contributed by atoms with Crippen LogP contribution in [0.3, 0.4) is 0 Å². The fraction of sp³-hybridized carbons (Fsp3) is 0.136. The predicted molar refractivity (Wildman–Crippen MR) is 118 cm³/mol. The third-order valence-corrected chi connectivity index (χ3v) is 6.22. The number of ether oxygens (including phenoxy) is 2. The summed E-state index contributed by atoms with van der Waals surface area (Å²) in [6.07, 6.45) is 7.96. The summed E-state index contributed by atoms with van der Waals surface area (Å²) in [5, 5.41) is -0.290. The highest BCUT2D eigenvalue weighted by Gasteiger charge is 2.38. The van der Waals surface area contributed by atoms with Gasteiger partial charge in [0.25, 0.3) is 0 Å². The average Bonchev–Trinajstić information content (AvgIpc) is 3.12. The number of nitrogens with two attached hydrogens (primary N) is 1. The number of nitrogens with zero attached hydrogens (tertiary/aromatic N) is 3. The van der Waals surface area contributed by atoms with Gasteiger partial charge in [-0.05, 0) is 41.5 Å². The molecule has 0 aromatic carbocycles. The molecule has 32 heavy (non-hydrogen) atoms.